The number of hydrogen-bond acceptors (Lipinski definition) is 2. The standard InChI is InChI=1S/C6H12N2.3C2H5.Al/c1-2-8-5-3-7(1)4-6-8;3*1-2;/h1-6H2;3*1H2,2H3;. The lowest BCUT2D eigenvalue weighted by Gasteiger charge is -2.41. The maximum absolute atomic E-state index is 2.54. The molecule has 2 nitrogen and oxygen atoms in total. The van der Waals surface area contributed by atoms with Crippen molar-refractivity contribution in [1.82, 2.24) is 9.80 Å². The van der Waals surface area contributed by atoms with E-state index in [4.69, 9.17) is 0 Å². The molecule has 15 heavy (non-hydrogen) atoms. The molecule has 3 aliphatic rings. The molecule has 0 unspecified atom stereocenters. The van der Waals surface area contributed by atoms with Crippen LogP contribution in [0.4, 0.5) is 0 Å². The lowest BCUT2D eigenvalue weighted by Crippen LogP contribution is -2.55. The predicted molar refractivity (Wildman–Crippen MR) is 70.1 cm³/mol. The quantitative estimate of drug-likeness (QED) is 0.680. The lowest BCUT2D eigenvalue weighted by atomic mass is 10.2. The van der Waals surface area contributed by atoms with E-state index in [-0.39, 0.29) is 14.1 Å². The molecule has 0 aromatic carbocycles. The summed E-state index contributed by atoms with van der Waals surface area (Å²) in [6.07, 6.45) is 0. The van der Waals surface area contributed by atoms with Crippen LogP contribution in [0.3, 0.4) is 0 Å². The van der Waals surface area contributed by atoms with Crippen molar-refractivity contribution in [2.75, 3.05) is 39.3 Å². The minimum absolute atomic E-state index is 0.171. The van der Waals surface area contributed by atoms with Gasteiger partial charge in [-0.2, -0.15) is 0 Å². The first-order chi connectivity index (χ1) is 7.30. The van der Waals surface area contributed by atoms with Crippen LogP contribution in [-0.4, -0.2) is 63.2 Å². The van der Waals surface area contributed by atoms with E-state index in [0.29, 0.717) is 0 Å². The number of rotatable bonds is 3. The van der Waals surface area contributed by atoms with Gasteiger partial charge in [-0.3, -0.25) is 9.80 Å². The maximum Gasteiger partial charge on any atom is 0.261 e. The van der Waals surface area contributed by atoms with Crippen LogP contribution in [0, 0.1) is 0 Å². The zero-order chi connectivity index (χ0) is 11.1. The van der Waals surface area contributed by atoms with Crippen LogP contribution in [0.1, 0.15) is 20.8 Å². The highest BCUT2D eigenvalue weighted by atomic mass is 27.2. The molecule has 3 saturated heterocycles. The van der Waals surface area contributed by atoms with E-state index in [2.05, 4.69) is 30.6 Å². The van der Waals surface area contributed by atoms with Gasteiger partial charge in [-0.05, 0) is 0 Å². The fourth-order valence-corrected chi connectivity index (χ4v) is 4.12. The highest BCUT2D eigenvalue weighted by molar-refractivity contribution is 6.58. The summed E-state index contributed by atoms with van der Waals surface area (Å²) < 4.78 is 0. The molecule has 0 radical (unpaired) electrons. The van der Waals surface area contributed by atoms with Crippen molar-refractivity contribution in [3.8, 4) is 0 Å². The van der Waals surface area contributed by atoms with Gasteiger partial charge in [0.1, 0.15) is 0 Å². The van der Waals surface area contributed by atoms with Crippen molar-refractivity contribution in [2.24, 2.45) is 0 Å². The fourth-order valence-electron chi connectivity index (χ4n) is 2.39. The zero-order valence-corrected chi connectivity index (χ0v) is 12.0. The highest BCUT2D eigenvalue weighted by Crippen LogP contribution is 2.06. The molecule has 3 fully saturated rings. The normalized spacial score (nSPS) is 28.2. The number of nitrogens with zero attached hydrogens (tertiary/aromatic N) is 2. The summed E-state index contributed by atoms with van der Waals surface area (Å²) in [5.41, 5.74) is 0. The predicted octanol–water partition coefficient (Wildman–Crippen LogP) is 2.16. The molecule has 0 aliphatic carbocycles. The third kappa shape index (κ3) is 4.87. The van der Waals surface area contributed by atoms with Crippen molar-refractivity contribution < 1.29 is 0 Å². The average molecular weight is 226 g/mol. The summed E-state index contributed by atoms with van der Waals surface area (Å²) >= 11 is -0.171. The van der Waals surface area contributed by atoms with Gasteiger partial charge in [0.2, 0.25) is 0 Å². The molecule has 3 rings (SSSR count). The largest absolute Gasteiger partial charge is 0.300 e. The summed E-state index contributed by atoms with van der Waals surface area (Å²) in [6.45, 7) is 14.9. The molecule has 2 bridgehead atoms. The van der Waals surface area contributed by atoms with Crippen LogP contribution in [0.15, 0.2) is 0 Å². The Morgan fingerprint density at radius 1 is 0.667 bits per heavy atom. The molecule has 0 aromatic heterocycles. The van der Waals surface area contributed by atoms with Gasteiger partial charge >= 0.3 is 0 Å². The summed E-state index contributed by atoms with van der Waals surface area (Å²) in [4.78, 5) is 5.08. The molecule has 3 heterocycles. The lowest BCUT2D eigenvalue weighted by molar-refractivity contribution is 0.0647. The van der Waals surface area contributed by atoms with Gasteiger partial charge in [0, 0.05) is 39.3 Å². The molecular formula is C12H27AlN2. The van der Waals surface area contributed by atoms with Gasteiger partial charge < -0.3 is 0 Å². The van der Waals surface area contributed by atoms with E-state index in [0.717, 1.165) is 0 Å². The van der Waals surface area contributed by atoms with Crippen LogP contribution in [-0.2, 0) is 0 Å². The van der Waals surface area contributed by atoms with Crippen molar-refractivity contribution in [3.63, 3.8) is 0 Å². The van der Waals surface area contributed by atoms with Crippen LogP contribution in [0.2, 0.25) is 15.8 Å². The maximum atomic E-state index is 2.54. The summed E-state index contributed by atoms with van der Waals surface area (Å²) in [5.74, 6) is 0. The minimum Gasteiger partial charge on any atom is -0.300 e. The number of piperazine rings is 3. The Balaban J connectivity index is 0.000000153. The Kier molecular flexibility index (Phi) is 6.92. The Hall–Kier alpha value is 0.452. The van der Waals surface area contributed by atoms with E-state index in [1.807, 2.05) is 0 Å². The van der Waals surface area contributed by atoms with Crippen molar-refractivity contribution >= 4 is 14.1 Å². The molecule has 0 atom stereocenters. The Bertz CT molecular complexity index is 123. The zero-order valence-electron chi connectivity index (χ0n) is 10.8. The second-order valence-electron chi connectivity index (χ2n) is 4.77. The first kappa shape index (κ1) is 13.5. The molecule has 0 aromatic rings. The molecule has 0 saturated carbocycles. The van der Waals surface area contributed by atoms with E-state index < -0.39 is 0 Å². The van der Waals surface area contributed by atoms with Crippen molar-refractivity contribution in [3.05, 3.63) is 0 Å². The molecule has 0 N–H and O–H groups in total. The Labute approximate surface area is 100 Å². The topological polar surface area (TPSA) is 6.48 Å². The summed E-state index contributed by atoms with van der Waals surface area (Å²) in [6, 6.07) is 0. The first-order valence-electron chi connectivity index (χ1n) is 6.74. The molecule has 0 spiro atoms. The van der Waals surface area contributed by atoms with E-state index in [1.165, 1.54) is 55.1 Å². The van der Waals surface area contributed by atoms with E-state index in [1.54, 1.807) is 0 Å². The Morgan fingerprint density at radius 3 is 1.00 bits per heavy atom. The Morgan fingerprint density at radius 2 is 0.933 bits per heavy atom. The molecule has 0 amide bonds. The summed E-state index contributed by atoms with van der Waals surface area (Å²) in [7, 11) is 0. The highest BCUT2D eigenvalue weighted by Gasteiger charge is 2.21. The van der Waals surface area contributed by atoms with Gasteiger partial charge in [-0.15, -0.1) is 0 Å². The van der Waals surface area contributed by atoms with Gasteiger partial charge in [0.15, 0.2) is 0 Å². The average Bonchev–Trinajstić information content (AvgIpc) is 2.35. The van der Waals surface area contributed by atoms with E-state index >= 15 is 0 Å². The fraction of sp³-hybridized carbons (Fsp3) is 1.00. The molecule has 3 aliphatic heterocycles. The van der Waals surface area contributed by atoms with Gasteiger partial charge in [0.05, 0.1) is 0 Å². The SMILES string of the molecule is C1CN2CCN1CC2.C[CH2][Al]([CH2]C)[CH2]C. The third-order valence-corrected chi connectivity index (χ3v) is 7.39. The second-order valence-corrected chi connectivity index (χ2v) is 8.96. The molecule has 3 heteroatoms. The molecular weight excluding hydrogens is 199 g/mol. The minimum atomic E-state index is -0.171. The number of hydrogen-bond donors (Lipinski definition) is 0. The van der Waals surface area contributed by atoms with Crippen LogP contribution in [0.5, 0.6) is 0 Å². The van der Waals surface area contributed by atoms with Crippen LogP contribution < -0.4 is 0 Å². The summed E-state index contributed by atoms with van der Waals surface area (Å²) in [5, 5.41) is 4.48. The third-order valence-electron chi connectivity index (χ3n) is 3.93. The van der Waals surface area contributed by atoms with E-state index in [9.17, 15) is 0 Å². The first-order valence-corrected chi connectivity index (χ1v) is 9.19. The second kappa shape index (κ2) is 7.68. The van der Waals surface area contributed by atoms with Gasteiger partial charge in [-0.25, -0.2) is 0 Å². The smallest absolute Gasteiger partial charge is 0.261 e. The van der Waals surface area contributed by atoms with Crippen LogP contribution in [0.25, 0.3) is 0 Å². The van der Waals surface area contributed by atoms with Gasteiger partial charge in [-0.1, -0.05) is 36.6 Å². The number of fused-ring (bicyclic) bond motifs is 3. The van der Waals surface area contributed by atoms with Crippen LogP contribution >= 0.6 is 0 Å². The molecule has 88 valence electrons. The van der Waals surface area contributed by atoms with Crippen molar-refractivity contribution in [2.45, 2.75) is 36.6 Å². The van der Waals surface area contributed by atoms with Gasteiger partial charge in [0.25, 0.3) is 14.1 Å². The van der Waals surface area contributed by atoms with Crippen molar-refractivity contribution in [1.29, 1.82) is 0 Å². The monoisotopic (exact) mass is 226 g/mol.